The molecule has 1 aromatic rings. The molecule has 1 rings (SSSR count). The van der Waals surface area contributed by atoms with Crippen molar-refractivity contribution in [3.05, 3.63) is 17.5 Å². The Morgan fingerprint density at radius 3 is 2.50 bits per heavy atom. The Kier molecular flexibility index (Phi) is 5.73. The number of nitrogens with zero attached hydrogens (tertiary/aromatic N) is 2. The van der Waals surface area contributed by atoms with Crippen LogP contribution in [-0.4, -0.2) is 33.3 Å². The van der Waals surface area contributed by atoms with Gasteiger partial charge in [-0.2, -0.15) is 5.10 Å². The van der Waals surface area contributed by atoms with E-state index in [0.717, 1.165) is 18.5 Å². The average molecular weight is 281 g/mol. The molecule has 0 saturated carbocycles. The van der Waals surface area contributed by atoms with Crippen LogP contribution in [0.4, 0.5) is 0 Å². The highest BCUT2D eigenvalue weighted by molar-refractivity contribution is 5.95. The minimum absolute atomic E-state index is 0.115. The van der Waals surface area contributed by atoms with Gasteiger partial charge < -0.3 is 10.4 Å². The number of rotatable bonds is 7. The van der Waals surface area contributed by atoms with Crippen molar-refractivity contribution in [1.82, 2.24) is 15.1 Å². The summed E-state index contributed by atoms with van der Waals surface area (Å²) < 4.78 is 1.87. The van der Waals surface area contributed by atoms with Crippen molar-refractivity contribution < 1.29 is 14.7 Å². The minimum Gasteiger partial charge on any atom is -0.481 e. The second-order valence-electron chi connectivity index (χ2n) is 5.01. The molecule has 0 saturated heterocycles. The summed E-state index contributed by atoms with van der Waals surface area (Å²) >= 11 is 0. The second kappa shape index (κ2) is 7.07. The van der Waals surface area contributed by atoms with E-state index >= 15 is 0 Å². The van der Waals surface area contributed by atoms with Gasteiger partial charge in [0.05, 0.1) is 23.7 Å². The molecule has 0 aliphatic carbocycles. The fourth-order valence-corrected chi connectivity index (χ4v) is 2.08. The lowest BCUT2D eigenvalue weighted by Gasteiger charge is -2.15. The van der Waals surface area contributed by atoms with Crippen LogP contribution >= 0.6 is 0 Å². The number of nitrogens with one attached hydrogen (secondary N) is 1. The van der Waals surface area contributed by atoms with E-state index in [1.807, 2.05) is 11.6 Å². The van der Waals surface area contributed by atoms with Crippen LogP contribution in [-0.2, 0) is 4.79 Å². The molecule has 1 unspecified atom stereocenters. The van der Waals surface area contributed by atoms with Gasteiger partial charge in [0.15, 0.2) is 0 Å². The van der Waals surface area contributed by atoms with Gasteiger partial charge in [-0.3, -0.25) is 14.3 Å². The van der Waals surface area contributed by atoms with Crippen LogP contribution in [0.1, 0.15) is 55.7 Å². The molecule has 2 N–H and O–H groups in total. The predicted octanol–water partition coefficient (Wildman–Crippen LogP) is 2.00. The first-order valence-corrected chi connectivity index (χ1v) is 6.97. The van der Waals surface area contributed by atoms with Gasteiger partial charge in [0, 0.05) is 12.2 Å². The van der Waals surface area contributed by atoms with Crippen molar-refractivity contribution in [2.75, 3.05) is 6.54 Å². The highest BCUT2D eigenvalue weighted by atomic mass is 16.4. The summed E-state index contributed by atoms with van der Waals surface area (Å²) in [5, 5.41) is 15.7. The molecular weight excluding hydrogens is 258 g/mol. The lowest BCUT2D eigenvalue weighted by Crippen LogP contribution is -2.31. The summed E-state index contributed by atoms with van der Waals surface area (Å²) in [5.74, 6) is -1.80. The molecule has 6 nitrogen and oxygen atoms in total. The molecule has 1 amide bonds. The smallest absolute Gasteiger partial charge is 0.308 e. The van der Waals surface area contributed by atoms with E-state index < -0.39 is 11.9 Å². The number of carboxylic acid groups (broad SMARTS) is 1. The number of amides is 1. The number of hydrogen-bond acceptors (Lipinski definition) is 3. The zero-order valence-electron chi connectivity index (χ0n) is 12.5. The Bertz CT molecular complexity index is 478. The molecule has 1 heterocycles. The first kappa shape index (κ1) is 16.2. The zero-order valence-corrected chi connectivity index (χ0v) is 12.5. The van der Waals surface area contributed by atoms with E-state index in [4.69, 9.17) is 5.11 Å². The molecule has 0 fully saturated rings. The first-order chi connectivity index (χ1) is 9.42. The van der Waals surface area contributed by atoms with E-state index in [2.05, 4.69) is 24.3 Å². The largest absolute Gasteiger partial charge is 0.481 e. The molecule has 20 heavy (non-hydrogen) atoms. The lowest BCUT2D eigenvalue weighted by molar-refractivity contribution is -0.140. The Morgan fingerprint density at radius 2 is 2.00 bits per heavy atom. The quantitative estimate of drug-likeness (QED) is 0.800. The standard InChI is InChI=1S/C14H23N3O3/c1-5-11(6-2)17-10(4)12(8-16-17)13(18)15-7-9(3)14(19)20/h8-9,11H,5-7H2,1-4H3,(H,15,18)(H,19,20). The maximum atomic E-state index is 12.0. The third kappa shape index (κ3) is 3.59. The molecule has 0 radical (unpaired) electrons. The summed E-state index contributed by atoms with van der Waals surface area (Å²) in [4.78, 5) is 22.8. The third-order valence-corrected chi connectivity index (χ3v) is 3.57. The third-order valence-electron chi connectivity index (χ3n) is 3.57. The molecule has 1 aromatic heterocycles. The van der Waals surface area contributed by atoms with Crippen LogP contribution < -0.4 is 5.32 Å². The molecule has 6 heteroatoms. The molecule has 0 aliphatic rings. The maximum Gasteiger partial charge on any atom is 0.308 e. The van der Waals surface area contributed by atoms with Crippen molar-refractivity contribution in [1.29, 1.82) is 0 Å². The van der Waals surface area contributed by atoms with E-state index in [1.54, 1.807) is 13.1 Å². The molecule has 112 valence electrons. The van der Waals surface area contributed by atoms with E-state index in [1.165, 1.54) is 0 Å². The fourth-order valence-electron chi connectivity index (χ4n) is 2.08. The van der Waals surface area contributed by atoms with Gasteiger partial charge in [-0.1, -0.05) is 20.8 Å². The lowest BCUT2D eigenvalue weighted by atomic mass is 10.1. The van der Waals surface area contributed by atoms with E-state index in [9.17, 15) is 9.59 Å². The minimum atomic E-state index is -0.922. The van der Waals surface area contributed by atoms with Gasteiger partial charge in [0.25, 0.3) is 5.91 Å². The maximum absolute atomic E-state index is 12.0. The Hall–Kier alpha value is -1.85. The summed E-state index contributed by atoms with van der Waals surface area (Å²) in [6.45, 7) is 7.71. The molecule has 0 aliphatic heterocycles. The normalized spacial score (nSPS) is 12.4. The summed E-state index contributed by atoms with van der Waals surface area (Å²) in [6.07, 6.45) is 3.46. The molecular formula is C14H23N3O3. The topological polar surface area (TPSA) is 84.2 Å². The average Bonchev–Trinajstić information content (AvgIpc) is 2.79. The summed E-state index contributed by atoms with van der Waals surface area (Å²) in [5.41, 5.74) is 1.33. The highest BCUT2D eigenvalue weighted by Crippen LogP contribution is 2.19. The van der Waals surface area contributed by atoms with Gasteiger partial charge >= 0.3 is 5.97 Å². The van der Waals surface area contributed by atoms with Gasteiger partial charge in [-0.25, -0.2) is 0 Å². The Balaban J connectivity index is 2.77. The number of carboxylic acids is 1. The molecule has 1 atom stereocenters. The van der Waals surface area contributed by atoms with E-state index in [-0.39, 0.29) is 18.5 Å². The van der Waals surface area contributed by atoms with Crippen LogP contribution in [0.15, 0.2) is 6.20 Å². The van der Waals surface area contributed by atoms with Crippen LogP contribution in [0, 0.1) is 12.8 Å². The highest BCUT2D eigenvalue weighted by Gasteiger charge is 2.19. The Labute approximate surface area is 119 Å². The monoisotopic (exact) mass is 281 g/mol. The number of carbonyl (C=O) groups excluding carboxylic acids is 1. The molecule has 0 spiro atoms. The zero-order chi connectivity index (χ0) is 15.3. The fraction of sp³-hybridized carbons (Fsp3) is 0.643. The summed E-state index contributed by atoms with van der Waals surface area (Å²) in [6, 6.07) is 0.287. The number of carbonyl (C=O) groups is 2. The van der Waals surface area contributed by atoms with Crippen molar-refractivity contribution in [2.24, 2.45) is 5.92 Å². The van der Waals surface area contributed by atoms with Crippen molar-refractivity contribution in [3.8, 4) is 0 Å². The van der Waals surface area contributed by atoms with Gasteiger partial charge in [0.1, 0.15) is 0 Å². The SMILES string of the molecule is CCC(CC)n1ncc(C(=O)NCC(C)C(=O)O)c1C. The number of aliphatic carboxylic acids is 1. The van der Waals surface area contributed by atoms with Crippen molar-refractivity contribution in [2.45, 2.75) is 46.6 Å². The van der Waals surface area contributed by atoms with Crippen molar-refractivity contribution >= 4 is 11.9 Å². The van der Waals surface area contributed by atoms with Crippen molar-refractivity contribution in [3.63, 3.8) is 0 Å². The number of aromatic nitrogens is 2. The van der Waals surface area contributed by atoms with Crippen LogP contribution in [0.2, 0.25) is 0 Å². The van der Waals surface area contributed by atoms with Gasteiger partial charge in [-0.05, 0) is 19.8 Å². The van der Waals surface area contributed by atoms with E-state index in [0.29, 0.717) is 5.56 Å². The Morgan fingerprint density at radius 1 is 1.40 bits per heavy atom. The summed E-state index contributed by atoms with van der Waals surface area (Å²) in [7, 11) is 0. The molecule has 0 bridgehead atoms. The molecule has 0 aromatic carbocycles. The number of hydrogen-bond donors (Lipinski definition) is 2. The van der Waals surface area contributed by atoms with Crippen LogP contribution in [0.3, 0.4) is 0 Å². The first-order valence-electron chi connectivity index (χ1n) is 6.97. The predicted molar refractivity (Wildman–Crippen MR) is 75.7 cm³/mol. The van der Waals surface area contributed by atoms with Gasteiger partial charge in [0.2, 0.25) is 0 Å². The van der Waals surface area contributed by atoms with Crippen LogP contribution in [0.5, 0.6) is 0 Å². The second-order valence-corrected chi connectivity index (χ2v) is 5.01. The van der Waals surface area contributed by atoms with Crippen LogP contribution in [0.25, 0.3) is 0 Å². The van der Waals surface area contributed by atoms with Gasteiger partial charge in [-0.15, -0.1) is 0 Å².